The van der Waals surface area contributed by atoms with Crippen LogP contribution in [0, 0.1) is 5.92 Å². The SMILES string of the molecule is CC(C)CN(C)S(=O)(=O)c1cc(CNC2CC2)oc1Br. The van der Waals surface area contributed by atoms with Crippen LogP contribution in [-0.2, 0) is 16.6 Å². The van der Waals surface area contributed by atoms with Gasteiger partial charge in [-0.3, -0.25) is 0 Å². The molecule has 5 nitrogen and oxygen atoms in total. The summed E-state index contributed by atoms with van der Waals surface area (Å²) in [5, 5.41) is 3.30. The molecule has 1 aliphatic rings. The fourth-order valence-corrected chi connectivity index (χ4v) is 4.26. The summed E-state index contributed by atoms with van der Waals surface area (Å²) in [7, 11) is -1.91. The van der Waals surface area contributed by atoms with Gasteiger partial charge in [0.1, 0.15) is 10.7 Å². The molecule has 0 unspecified atom stereocenters. The van der Waals surface area contributed by atoms with Crippen LogP contribution in [0.25, 0.3) is 0 Å². The molecule has 114 valence electrons. The van der Waals surface area contributed by atoms with Crippen molar-refractivity contribution in [2.24, 2.45) is 5.92 Å². The Balaban J connectivity index is 2.13. The highest BCUT2D eigenvalue weighted by atomic mass is 79.9. The first-order valence-corrected chi connectivity index (χ1v) is 9.02. The van der Waals surface area contributed by atoms with Crippen LogP contribution in [0.15, 0.2) is 20.0 Å². The standard InChI is InChI=1S/C13H21BrN2O3S/c1-9(2)8-16(3)20(17,18)12-6-11(19-13(12)14)7-15-10-4-5-10/h6,9-10,15H,4-5,7-8H2,1-3H3. The average molecular weight is 365 g/mol. The van der Waals surface area contributed by atoms with E-state index < -0.39 is 10.0 Å². The van der Waals surface area contributed by atoms with Gasteiger partial charge in [0.15, 0.2) is 4.67 Å². The molecule has 1 heterocycles. The lowest BCUT2D eigenvalue weighted by molar-refractivity contribution is 0.414. The van der Waals surface area contributed by atoms with Crippen molar-refractivity contribution in [1.82, 2.24) is 9.62 Å². The molecule has 0 spiro atoms. The van der Waals surface area contributed by atoms with Gasteiger partial charge in [0.25, 0.3) is 0 Å². The molecule has 20 heavy (non-hydrogen) atoms. The summed E-state index contributed by atoms with van der Waals surface area (Å²) in [6.45, 7) is 5.02. The Morgan fingerprint density at radius 1 is 1.50 bits per heavy atom. The summed E-state index contributed by atoms with van der Waals surface area (Å²) in [5.74, 6) is 0.914. The van der Waals surface area contributed by atoms with E-state index in [1.807, 2.05) is 13.8 Å². The van der Waals surface area contributed by atoms with E-state index in [0.29, 0.717) is 24.9 Å². The number of furan rings is 1. The zero-order valence-electron chi connectivity index (χ0n) is 12.0. The normalized spacial score (nSPS) is 16.3. The van der Waals surface area contributed by atoms with Crippen molar-refractivity contribution in [3.63, 3.8) is 0 Å². The Morgan fingerprint density at radius 3 is 2.70 bits per heavy atom. The van der Waals surface area contributed by atoms with Gasteiger partial charge in [0.05, 0.1) is 6.54 Å². The van der Waals surface area contributed by atoms with Gasteiger partial charge < -0.3 is 9.73 Å². The van der Waals surface area contributed by atoms with Gasteiger partial charge >= 0.3 is 0 Å². The van der Waals surface area contributed by atoms with E-state index in [-0.39, 0.29) is 15.5 Å². The number of halogens is 1. The molecule has 1 fully saturated rings. The molecule has 0 radical (unpaired) electrons. The lowest BCUT2D eigenvalue weighted by atomic mass is 10.2. The van der Waals surface area contributed by atoms with Gasteiger partial charge in [-0.25, -0.2) is 12.7 Å². The molecule has 0 aromatic carbocycles. The van der Waals surface area contributed by atoms with Crippen LogP contribution in [0.3, 0.4) is 0 Å². The van der Waals surface area contributed by atoms with Crippen LogP contribution >= 0.6 is 15.9 Å². The van der Waals surface area contributed by atoms with Gasteiger partial charge in [-0.05, 0) is 34.7 Å². The molecular formula is C13H21BrN2O3S. The van der Waals surface area contributed by atoms with Crippen molar-refractivity contribution in [3.05, 3.63) is 16.5 Å². The third-order valence-electron chi connectivity index (χ3n) is 3.16. The molecule has 0 amide bonds. The number of rotatable bonds is 7. The number of nitrogens with zero attached hydrogens (tertiary/aromatic N) is 1. The first kappa shape index (κ1) is 16.0. The summed E-state index contributed by atoms with van der Waals surface area (Å²) in [4.78, 5) is 0.202. The summed E-state index contributed by atoms with van der Waals surface area (Å²) in [6, 6.07) is 2.16. The lowest BCUT2D eigenvalue weighted by Gasteiger charge is -2.18. The summed E-state index contributed by atoms with van der Waals surface area (Å²) in [6.07, 6.45) is 2.37. The topological polar surface area (TPSA) is 62.6 Å². The highest BCUT2D eigenvalue weighted by Crippen LogP contribution is 2.29. The van der Waals surface area contributed by atoms with Gasteiger partial charge in [0.2, 0.25) is 10.0 Å². The molecule has 7 heteroatoms. The highest BCUT2D eigenvalue weighted by molar-refractivity contribution is 9.10. The number of hydrogen-bond donors (Lipinski definition) is 1. The van der Waals surface area contributed by atoms with E-state index >= 15 is 0 Å². The van der Waals surface area contributed by atoms with E-state index in [2.05, 4.69) is 21.2 Å². The smallest absolute Gasteiger partial charge is 0.247 e. The Kier molecular flexibility index (Phi) is 4.94. The maximum absolute atomic E-state index is 12.5. The van der Waals surface area contributed by atoms with Crippen LogP contribution in [0.4, 0.5) is 0 Å². The number of sulfonamides is 1. The van der Waals surface area contributed by atoms with Gasteiger partial charge in [-0.1, -0.05) is 13.8 Å². The van der Waals surface area contributed by atoms with Gasteiger partial charge in [-0.15, -0.1) is 0 Å². The first-order valence-electron chi connectivity index (χ1n) is 6.78. The molecule has 0 aliphatic heterocycles. The van der Waals surface area contributed by atoms with Gasteiger partial charge in [0, 0.05) is 25.7 Å². The second-order valence-corrected chi connectivity index (χ2v) is 8.42. The largest absolute Gasteiger partial charge is 0.452 e. The van der Waals surface area contributed by atoms with Crippen molar-refractivity contribution < 1.29 is 12.8 Å². The van der Waals surface area contributed by atoms with E-state index in [0.717, 1.165) is 0 Å². The quantitative estimate of drug-likeness (QED) is 0.807. The molecular weight excluding hydrogens is 344 g/mol. The minimum absolute atomic E-state index is 0.202. The summed E-state index contributed by atoms with van der Waals surface area (Å²) < 4.78 is 32.1. The van der Waals surface area contributed by atoms with E-state index in [1.165, 1.54) is 17.1 Å². The van der Waals surface area contributed by atoms with E-state index in [4.69, 9.17) is 4.42 Å². The van der Waals surface area contributed by atoms with Crippen LogP contribution in [0.1, 0.15) is 32.4 Å². The minimum Gasteiger partial charge on any atom is -0.452 e. The van der Waals surface area contributed by atoms with Crippen LogP contribution in [-0.4, -0.2) is 32.4 Å². The molecule has 1 saturated carbocycles. The molecule has 1 aromatic rings. The molecule has 1 N–H and O–H groups in total. The number of nitrogens with one attached hydrogen (secondary N) is 1. The lowest BCUT2D eigenvalue weighted by Crippen LogP contribution is -2.30. The van der Waals surface area contributed by atoms with Crippen molar-refractivity contribution >= 4 is 26.0 Å². The third kappa shape index (κ3) is 3.84. The Hall–Kier alpha value is -0.370. The summed E-state index contributed by atoms with van der Waals surface area (Å²) >= 11 is 3.21. The molecule has 0 bridgehead atoms. The zero-order valence-corrected chi connectivity index (χ0v) is 14.4. The van der Waals surface area contributed by atoms with Crippen LogP contribution in [0.5, 0.6) is 0 Å². The van der Waals surface area contributed by atoms with Crippen LogP contribution < -0.4 is 5.32 Å². The van der Waals surface area contributed by atoms with Crippen molar-refractivity contribution in [2.75, 3.05) is 13.6 Å². The van der Waals surface area contributed by atoms with Crippen molar-refractivity contribution in [3.8, 4) is 0 Å². The Morgan fingerprint density at radius 2 is 2.15 bits per heavy atom. The fourth-order valence-electron chi connectivity index (χ4n) is 1.97. The average Bonchev–Trinajstić information content (AvgIpc) is 3.08. The maximum Gasteiger partial charge on any atom is 0.247 e. The third-order valence-corrected chi connectivity index (χ3v) is 5.84. The maximum atomic E-state index is 12.5. The summed E-state index contributed by atoms with van der Waals surface area (Å²) in [5.41, 5.74) is 0. The second-order valence-electron chi connectivity index (χ2n) is 5.69. The van der Waals surface area contributed by atoms with Crippen molar-refractivity contribution in [2.45, 2.75) is 44.2 Å². The predicted molar refractivity (Wildman–Crippen MR) is 80.9 cm³/mol. The minimum atomic E-state index is -3.50. The van der Waals surface area contributed by atoms with Gasteiger partial charge in [-0.2, -0.15) is 0 Å². The molecule has 1 aliphatic carbocycles. The van der Waals surface area contributed by atoms with E-state index in [1.54, 1.807) is 13.1 Å². The van der Waals surface area contributed by atoms with Crippen LogP contribution in [0.2, 0.25) is 0 Å². The molecule has 1 aromatic heterocycles. The second kappa shape index (κ2) is 6.17. The van der Waals surface area contributed by atoms with Crippen molar-refractivity contribution in [1.29, 1.82) is 0 Å². The molecule has 0 atom stereocenters. The molecule has 0 saturated heterocycles. The first-order chi connectivity index (χ1) is 9.30. The van der Waals surface area contributed by atoms with E-state index in [9.17, 15) is 8.42 Å². The molecule has 2 rings (SSSR count). The zero-order chi connectivity index (χ0) is 14.9. The fraction of sp³-hybridized carbons (Fsp3) is 0.692. The highest BCUT2D eigenvalue weighted by Gasteiger charge is 2.28. The Bertz CT molecular complexity index is 564. The number of hydrogen-bond acceptors (Lipinski definition) is 4. The Labute approximate surface area is 128 Å². The monoisotopic (exact) mass is 364 g/mol. The predicted octanol–water partition coefficient (Wildman–Crippen LogP) is 2.57.